The molecule has 0 amide bonds. The summed E-state index contributed by atoms with van der Waals surface area (Å²) in [7, 11) is 4.34. The molecule has 116 valence electrons. The van der Waals surface area contributed by atoms with Crippen molar-refractivity contribution in [1.29, 1.82) is 0 Å². The first-order valence-corrected chi connectivity index (χ1v) is 6.54. The number of esters is 2. The number of nitrogens with zero attached hydrogens (tertiary/aromatic N) is 2. The summed E-state index contributed by atoms with van der Waals surface area (Å²) in [4.78, 5) is 23.1. The highest BCUT2D eigenvalue weighted by atomic mass is 16.5. The minimum atomic E-state index is -0.659. The van der Waals surface area contributed by atoms with Gasteiger partial charge >= 0.3 is 11.9 Å². The zero-order valence-corrected chi connectivity index (χ0v) is 12.8. The van der Waals surface area contributed by atoms with Crippen molar-refractivity contribution < 1.29 is 19.1 Å². The number of rotatable bonds is 4. The Kier molecular flexibility index (Phi) is 4.45. The van der Waals surface area contributed by atoms with Gasteiger partial charge in [-0.15, -0.1) is 0 Å². The molecule has 1 N–H and O–H groups in total. The number of methoxy groups -OCH3 is 2. The highest BCUT2D eigenvalue weighted by Crippen LogP contribution is 2.22. The van der Waals surface area contributed by atoms with E-state index in [1.54, 1.807) is 10.7 Å². The third-order valence-electron chi connectivity index (χ3n) is 3.28. The molecule has 7 heteroatoms. The Balaban J connectivity index is 2.37. The van der Waals surface area contributed by atoms with E-state index in [4.69, 9.17) is 0 Å². The number of carbonyl (C=O) groups excluding carboxylic acids is 2. The molecule has 2 aromatic rings. The maximum absolute atomic E-state index is 11.7. The van der Waals surface area contributed by atoms with Crippen molar-refractivity contribution in [1.82, 2.24) is 9.78 Å². The van der Waals surface area contributed by atoms with E-state index in [0.29, 0.717) is 5.69 Å². The van der Waals surface area contributed by atoms with Crippen LogP contribution in [-0.4, -0.2) is 35.9 Å². The summed E-state index contributed by atoms with van der Waals surface area (Å²) in [5, 5.41) is 8.18. The van der Waals surface area contributed by atoms with Crippen LogP contribution in [0.25, 0.3) is 10.9 Å². The van der Waals surface area contributed by atoms with Gasteiger partial charge in [0.2, 0.25) is 0 Å². The lowest BCUT2D eigenvalue weighted by molar-refractivity contribution is -0.138. The van der Waals surface area contributed by atoms with E-state index in [0.717, 1.165) is 22.7 Å². The Morgan fingerprint density at radius 2 is 2.00 bits per heavy atom. The Morgan fingerprint density at radius 3 is 2.64 bits per heavy atom. The molecule has 0 fully saturated rings. The van der Waals surface area contributed by atoms with Gasteiger partial charge in [-0.3, -0.25) is 4.68 Å². The summed E-state index contributed by atoms with van der Waals surface area (Å²) in [6, 6.07) is 5.45. The number of aryl methyl sites for hydroxylation is 2. The van der Waals surface area contributed by atoms with Gasteiger partial charge in [0.1, 0.15) is 5.70 Å². The molecule has 0 radical (unpaired) electrons. The Morgan fingerprint density at radius 1 is 1.27 bits per heavy atom. The lowest BCUT2D eigenvalue weighted by Gasteiger charge is -2.09. The Bertz CT molecular complexity index is 761. The molecule has 0 saturated carbocycles. The second-order valence-corrected chi connectivity index (χ2v) is 4.64. The van der Waals surface area contributed by atoms with Crippen molar-refractivity contribution in [3.63, 3.8) is 0 Å². The molecule has 1 heterocycles. The summed E-state index contributed by atoms with van der Waals surface area (Å²) in [6.45, 7) is 1.95. The van der Waals surface area contributed by atoms with Crippen molar-refractivity contribution in [2.75, 3.05) is 19.5 Å². The molecular formula is C15H17N3O4. The maximum Gasteiger partial charge on any atom is 0.354 e. The number of aromatic nitrogens is 2. The van der Waals surface area contributed by atoms with Crippen LogP contribution in [-0.2, 0) is 26.1 Å². The number of carbonyl (C=O) groups is 2. The third-order valence-corrected chi connectivity index (χ3v) is 3.28. The van der Waals surface area contributed by atoms with Crippen LogP contribution in [0.15, 0.2) is 30.0 Å². The molecule has 22 heavy (non-hydrogen) atoms. The fourth-order valence-electron chi connectivity index (χ4n) is 1.99. The molecule has 1 aromatic heterocycles. The predicted molar refractivity (Wildman–Crippen MR) is 81.2 cm³/mol. The van der Waals surface area contributed by atoms with Crippen LogP contribution in [0.2, 0.25) is 0 Å². The molecule has 0 unspecified atom stereocenters. The van der Waals surface area contributed by atoms with Gasteiger partial charge in [0.25, 0.3) is 0 Å². The second-order valence-electron chi connectivity index (χ2n) is 4.64. The first kappa shape index (κ1) is 15.6. The lowest BCUT2D eigenvalue weighted by Crippen LogP contribution is -2.15. The number of anilines is 1. The Hall–Kier alpha value is -2.83. The monoisotopic (exact) mass is 303 g/mol. The Labute approximate surface area is 127 Å². The van der Waals surface area contributed by atoms with Gasteiger partial charge in [-0.05, 0) is 25.1 Å². The number of benzene rings is 1. The van der Waals surface area contributed by atoms with Crippen molar-refractivity contribution in [3.8, 4) is 0 Å². The van der Waals surface area contributed by atoms with E-state index >= 15 is 0 Å². The van der Waals surface area contributed by atoms with Crippen LogP contribution in [0, 0.1) is 6.92 Å². The molecule has 0 saturated heterocycles. The minimum absolute atomic E-state index is 0.00440. The smallest absolute Gasteiger partial charge is 0.354 e. The SMILES string of the molecule is COC(=O)/C=C(/Nc1ccc2nn(C)c(C)c2c1)C(=O)OC. The van der Waals surface area contributed by atoms with E-state index in [1.807, 2.05) is 26.1 Å². The number of ether oxygens (including phenoxy) is 2. The van der Waals surface area contributed by atoms with E-state index in [2.05, 4.69) is 19.9 Å². The molecule has 2 rings (SSSR count). The number of nitrogens with one attached hydrogen (secondary N) is 1. The number of hydrogen-bond donors (Lipinski definition) is 1. The quantitative estimate of drug-likeness (QED) is 0.681. The van der Waals surface area contributed by atoms with Crippen molar-refractivity contribution in [2.24, 2.45) is 7.05 Å². The van der Waals surface area contributed by atoms with Gasteiger partial charge in [-0.25, -0.2) is 9.59 Å². The molecule has 1 aromatic carbocycles. The van der Waals surface area contributed by atoms with Gasteiger partial charge in [0.15, 0.2) is 0 Å². The molecule has 0 atom stereocenters. The van der Waals surface area contributed by atoms with Crippen LogP contribution in [0.5, 0.6) is 0 Å². The van der Waals surface area contributed by atoms with Crippen LogP contribution in [0.1, 0.15) is 5.69 Å². The summed E-state index contributed by atoms with van der Waals surface area (Å²) >= 11 is 0. The fourth-order valence-corrected chi connectivity index (χ4v) is 1.99. The molecular weight excluding hydrogens is 286 g/mol. The first-order chi connectivity index (χ1) is 10.5. The minimum Gasteiger partial charge on any atom is -0.466 e. The van der Waals surface area contributed by atoms with Crippen molar-refractivity contribution in [3.05, 3.63) is 35.7 Å². The van der Waals surface area contributed by atoms with Gasteiger partial charge in [-0.2, -0.15) is 5.10 Å². The van der Waals surface area contributed by atoms with Gasteiger partial charge in [0, 0.05) is 23.8 Å². The van der Waals surface area contributed by atoms with E-state index in [1.165, 1.54) is 14.2 Å². The zero-order chi connectivity index (χ0) is 16.3. The summed E-state index contributed by atoms with van der Waals surface area (Å²) < 4.78 is 11.0. The topological polar surface area (TPSA) is 82.5 Å². The molecule has 7 nitrogen and oxygen atoms in total. The van der Waals surface area contributed by atoms with Gasteiger partial charge < -0.3 is 14.8 Å². The third kappa shape index (κ3) is 3.08. The zero-order valence-electron chi connectivity index (χ0n) is 12.8. The van der Waals surface area contributed by atoms with Crippen molar-refractivity contribution >= 4 is 28.5 Å². The number of hydrogen-bond acceptors (Lipinski definition) is 6. The van der Waals surface area contributed by atoms with E-state index < -0.39 is 11.9 Å². The van der Waals surface area contributed by atoms with Gasteiger partial charge in [-0.1, -0.05) is 0 Å². The van der Waals surface area contributed by atoms with Crippen LogP contribution >= 0.6 is 0 Å². The average molecular weight is 303 g/mol. The molecule has 0 spiro atoms. The summed E-state index contributed by atoms with van der Waals surface area (Å²) in [6.07, 6.45) is 1.05. The first-order valence-electron chi connectivity index (χ1n) is 6.54. The predicted octanol–water partition coefficient (Wildman–Crippen LogP) is 1.52. The second kappa shape index (κ2) is 6.30. The molecule has 0 aliphatic rings. The van der Waals surface area contributed by atoms with Gasteiger partial charge in [0.05, 0.1) is 25.8 Å². The van der Waals surface area contributed by atoms with Crippen molar-refractivity contribution in [2.45, 2.75) is 6.92 Å². The summed E-state index contributed by atoms with van der Waals surface area (Å²) in [5.74, 6) is -1.31. The normalized spacial score (nSPS) is 11.4. The van der Waals surface area contributed by atoms with E-state index in [9.17, 15) is 9.59 Å². The molecule has 0 bridgehead atoms. The number of fused-ring (bicyclic) bond motifs is 1. The van der Waals surface area contributed by atoms with Crippen LogP contribution in [0.3, 0.4) is 0 Å². The largest absolute Gasteiger partial charge is 0.466 e. The van der Waals surface area contributed by atoms with E-state index in [-0.39, 0.29) is 5.70 Å². The highest BCUT2D eigenvalue weighted by molar-refractivity contribution is 5.99. The fraction of sp³-hybridized carbons (Fsp3) is 0.267. The van der Waals surface area contributed by atoms with Crippen LogP contribution < -0.4 is 5.32 Å². The summed E-state index contributed by atoms with van der Waals surface area (Å²) in [5.41, 5.74) is 2.48. The standard InChI is InChI=1S/C15H17N3O4/c1-9-11-7-10(5-6-12(11)17-18(9)2)16-13(15(20)22-4)8-14(19)21-3/h5-8,16H,1-4H3/b13-8+. The molecule has 0 aliphatic carbocycles. The molecule has 0 aliphatic heterocycles. The average Bonchev–Trinajstić information content (AvgIpc) is 2.80. The lowest BCUT2D eigenvalue weighted by atomic mass is 10.2. The maximum atomic E-state index is 11.7. The van der Waals surface area contributed by atoms with Crippen LogP contribution in [0.4, 0.5) is 5.69 Å². The highest BCUT2D eigenvalue weighted by Gasteiger charge is 2.14.